The van der Waals surface area contributed by atoms with Crippen LogP contribution in [0, 0.1) is 6.92 Å². The maximum Gasteiger partial charge on any atom is 0.0983 e. The number of hydrogen-bond donors (Lipinski definition) is 0. The third-order valence-electron chi connectivity index (χ3n) is 1.83. The Labute approximate surface area is 71.6 Å². The highest BCUT2D eigenvalue weighted by molar-refractivity contribution is 5.66. The van der Waals surface area contributed by atoms with Crippen molar-refractivity contribution in [2.45, 2.75) is 0 Å². The summed E-state index contributed by atoms with van der Waals surface area (Å²) in [5, 5.41) is 0. The molecule has 12 heavy (non-hydrogen) atoms. The van der Waals surface area contributed by atoms with Gasteiger partial charge in [-0.1, -0.05) is 30.3 Å². The van der Waals surface area contributed by atoms with Crippen molar-refractivity contribution < 1.29 is 4.42 Å². The maximum atomic E-state index is 5.04. The summed E-state index contributed by atoms with van der Waals surface area (Å²) < 4.78 is 5.04. The van der Waals surface area contributed by atoms with Gasteiger partial charge in [-0.3, -0.25) is 0 Å². The molecular weight excluding hydrogens is 148 g/mol. The first-order valence-electron chi connectivity index (χ1n) is 3.81. The van der Waals surface area contributed by atoms with Gasteiger partial charge in [-0.25, -0.2) is 0 Å². The highest BCUT2D eigenvalue weighted by Gasteiger charge is 2.01. The van der Waals surface area contributed by atoms with Crippen LogP contribution in [0.15, 0.2) is 47.3 Å². The van der Waals surface area contributed by atoms with Gasteiger partial charge in [-0.2, -0.15) is 0 Å². The lowest BCUT2D eigenvalue weighted by Crippen LogP contribution is -1.74. The number of benzene rings is 1. The average molecular weight is 157 g/mol. The topological polar surface area (TPSA) is 13.1 Å². The summed E-state index contributed by atoms with van der Waals surface area (Å²) in [6, 6.07) is 10.1. The van der Waals surface area contributed by atoms with Crippen LogP contribution in [-0.4, -0.2) is 0 Å². The van der Waals surface area contributed by atoms with Crippen LogP contribution in [0.4, 0.5) is 0 Å². The Morgan fingerprint density at radius 2 is 1.75 bits per heavy atom. The lowest BCUT2D eigenvalue weighted by molar-refractivity contribution is 0.567. The Hall–Kier alpha value is -1.50. The van der Waals surface area contributed by atoms with Gasteiger partial charge in [0.25, 0.3) is 0 Å². The van der Waals surface area contributed by atoms with Gasteiger partial charge in [0.05, 0.1) is 12.5 Å². The van der Waals surface area contributed by atoms with E-state index < -0.39 is 0 Å². The Morgan fingerprint density at radius 1 is 1.00 bits per heavy atom. The van der Waals surface area contributed by atoms with Crippen LogP contribution < -0.4 is 0 Å². The van der Waals surface area contributed by atoms with E-state index in [4.69, 9.17) is 4.42 Å². The minimum atomic E-state index is 0.932. The molecule has 1 radical (unpaired) electrons. The molecular formula is C11H9O. The van der Waals surface area contributed by atoms with Gasteiger partial charge in [0.15, 0.2) is 0 Å². The molecule has 1 nitrogen and oxygen atoms in total. The van der Waals surface area contributed by atoms with Gasteiger partial charge >= 0.3 is 0 Å². The standard InChI is InChI=1S/C11H9O/c1-9-7-12-8-11(9)10-5-3-2-4-6-10/h2-8H,1H2. The fraction of sp³-hybridized carbons (Fsp3) is 0. The van der Waals surface area contributed by atoms with Gasteiger partial charge in [0, 0.05) is 5.56 Å². The van der Waals surface area contributed by atoms with Crippen molar-refractivity contribution in [2.75, 3.05) is 0 Å². The lowest BCUT2D eigenvalue weighted by atomic mass is 10.1. The van der Waals surface area contributed by atoms with E-state index in [1.54, 1.807) is 12.5 Å². The fourth-order valence-corrected chi connectivity index (χ4v) is 1.19. The SMILES string of the molecule is [CH2]c1cocc1-c1ccccc1. The summed E-state index contributed by atoms with van der Waals surface area (Å²) in [6.45, 7) is 3.86. The van der Waals surface area contributed by atoms with Crippen LogP contribution in [-0.2, 0) is 0 Å². The maximum absolute atomic E-state index is 5.04. The van der Waals surface area contributed by atoms with Gasteiger partial charge in [-0.05, 0) is 18.1 Å². The van der Waals surface area contributed by atoms with Crippen LogP contribution >= 0.6 is 0 Å². The third kappa shape index (κ3) is 1.14. The minimum absolute atomic E-state index is 0.932. The van der Waals surface area contributed by atoms with Gasteiger partial charge < -0.3 is 4.42 Å². The predicted octanol–water partition coefficient (Wildman–Crippen LogP) is 3.13. The molecule has 0 aliphatic heterocycles. The Balaban J connectivity index is 2.51. The summed E-state index contributed by atoms with van der Waals surface area (Å²) in [4.78, 5) is 0. The van der Waals surface area contributed by atoms with Crippen LogP contribution in [0.5, 0.6) is 0 Å². The minimum Gasteiger partial charge on any atom is -0.472 e. The summed E-state index contributed by atoms with van der Waals surface area (Å²) in [5.41, 5.74) is 3.15. The molecule has 1 heteroatoms. The second-order valence-electron chi connectivity index (χ2n) is 2.68. The van der Waals surface area contributed by atoms with Crippen molar-refractivity contribution in [3.8, 4) is 11.1 Å². The summed E-state index contributed by atoms with van der Waals surface area (Å²) in [6.07, 6.45) is 3.38. The highest BCUT2D eigenvalue weighted by Crippen LogP contribution is 2.23. The molecule has 0 bridgehead atoms. The zero-order valence-electron chi connectivity index (χ0n) is 6.66. The average Bonchev–Trinajstić information content (AvgIpc) is 2.53. The molecule has 0 saturated carbocycles. The fourth-order valence-electron chi connectivity index (χ4n) is 1.19. The molecule has 1 heterocycles. The van der Waals surface area contributed by atoms with Crippen molar-refractivity contribution in [1.29, 1.82) is 0 Å². The molecule has 0 saturated heterocycles. The second-order valence-corrected chi connectivity index (χ2v) is 2.68. The van der Waals surface area contributed by atoms with E-state index in [9.17, 15) is 0 Å². The van der Waals surface area contributed by atoms with Crippen molar-refractivity contribution in [2.24, 2.45) is 0 Å². The number of furan rings is 1. The molecule has 0 amide bonds. The highest BCUT2D eigenvalue weighted by atomic mass is 16.3. The molecule has 0 aliphatic carbocycles. The third-order valence-corrected chi connectivity index (χ3v) is 1.83. The van der Waals surface area contributed by atoms with Crippen LogP contribution in [0.1, 0.15) is 5.56 Å². The Morgan fingerprint density at radius 3 is 2.33 bits per heavy atom. The van der Waals surface area contributed by atoms with Crippen LogP contribution in [0.2, 0.25) is 0 Å². The van der Waals surface area contributed by atoms with E-state index in [0.717, 1.165) is 16.7 Å². The lowest BCUT2D eigenvalue weighted by Gasteiger charge is -1.96. The predicted molar refractivity (Wildman–Crippen MR) is 48.6 cm³/mol. The van der Waals surface area contributed by atoms with Crippen molar-refractivity contribution in [3.63, 3.8) is 0 Å². The monoisotopic (exact) mass is 157 g/mol. The van der Waals surface area contributed by atoms with E-state index in [2.05, 4.69) is 6.92 Å². The summed E-state index contributed by atoms with van der Waals surface area (Å²) in [7, 11) is 0. The first-order chi connectivity index (χ1) is 5.88. The molecule has 0 aliphatic rings. The van der Waals surface area contributed by atoms with Crippen molar-refractivity contribution in [1.82, 2.24) is 0 Å². The molecule has 2 rings (SSSR count). The molecule has 2 aromatic rings. The van der Waals surface area contributed by atoms with E-state index in [1.807, 2.05) is 30.3 Å². The van der Waals surface area contributed by atoms with E-state index in [0.29, 0.717) is 0 Å². The Kier molecular flexibility index (Phi) is 1.71. The van der Waals surface area contributed by atoms with E-state index in [1.165, 1.54) is 0 Å². The number of hydrogen-bond acceptors (Lipinski definition) is 1. The van der Waals surface area contributed by atoms with Gasteiger partial charge in [0.2, 0.25) is 0 Å². The molecule has 0 atom stereocenters. The van der Waals surface area contributed by atoms with Crippen LogP contribution in [0.3, 0.4) is 0 Å². The molecule has 59 valence electrons. The first-order valence-corrected chi connectivity index (χ1v) is 3.81. The normalized spacial score (nSPS) is 10.1. The molecule has 0 unspecified atom stereocenters. The molecule has 0 N–H and O–H groups in total. The first kappa shape index (κ1) is 7.17. The Bertz CT molecular complexity index is 360. The molecule has 0 fully saturated rings. The van der Waals surface area contributed by atoms with Crippen molar-refractivity contribution in [3.05, 3.63) is 55.3 Å². The zero-order chi connectivity index (χ0) is 8.39. The quantitative estimate of drug-likeness (QED) is 0.619. The number of rotatable bonds is 1. The van der Waals surface area contributed by atoms with E-state index >= 15 is 0 Å². The van der Waals surface area contributed by atoms with Gasteiger partial charge in [-0.15, -0.1) is 0 Å². The second kappa shape index (κ2) is 2.86. The van der Waals surface area contributed by atoms with E-state index in [-0.39, 0.29) is 0 Å². The molecule has 1 aromatic carbocycles. The molecule has 1 aromatic heterocycles. The smallest absolute Gasteiger partial charge is 0.0983 e. The summed E-state index contributed by atoms with van der Waals surface area (Å²) >= 11 is 0. The van der Waals surface area contributed by atoms with Crippen LogP contribution in [0.25, 0.3) is 11.1 Å². The summed E-state index contributed by atoms with van der Waals surface area (Å²) in [5.74, 6) is 0. The largest absolute Gasteiger partial charge is 0.472 e. The van der Waals surface area contributed by atoms with Gasteiger partial charge in [0.1, 0.15) is 0 Å². The zero-order valence-corrected chi connectivity index (χ0v) is 6.66. The molecule has 0 spiro atoms. The van der Waals surface area contributed by atoms with Crippen molar-refractivity contribution >= 4 is 0 Å².